The zero-order chi connectivity index (χ0) is 15.4. The number of likely N-dealkylation sites (tertiary alicyclic amines) is 1. The van der Waals surface area contributed by atoms with Crippen molar-refractivity contribution in [3.05, 3.63) is 29.6 Å². The minimum Gasteiger partial charge on any atom is -0.478 e. The number of rotatable bonds is 3. The molecule has 21 heavy (non-hydrogen) atoms. The highest BCUT2D eigenvalue weighted by molar-refractivity contribution is 5.92. The summed E-state index contributed by atoms with van der Waals surface area (Å²) in [5.41, 5.74) is -0.139. The average molecular weight is 294 g/mol. The lowest BCUT2D eigenvalue weighted by molar-refractivity contribution is 0.0696. The molecule has 0 saturated carbocycles. The van der Waals surface area contributed by atoms with Gasteiger partial charge in [0.05, 0.1) is 11.3 Å². The minimum atomic E-state index is -1.20. The molecule has 1 aliphatic rings. The predicted molar refractivity (Wildman–Crippen MR) is 77.0 cm³/mol. The first-order valence-corrected chi connectivity index (χ1v) is 7.13. The number of benzene rings is 1. The summed E-state index contributed by atoms with van der Waals surface area (Å²) in [6.45, 7) is 2.69. The Hall–Kier alpha value is -2.11. The molecule has 1 heterocycles. The van der Waals surface area contributed by atoms with Gasteiger partial charge in [-0.3, -0.25) is 0 Å². The highest BCUT2D eigenvalue weighted by Gasteiger charge is 2.25. The smallest absolute Gasteiger partial charge is 0.335 e. The van der Waals surface area contributed by atoms with Gasteiger partial charge in [-0.2, -0.15) is 0 Å². The van der Waals surface area contributed by atoms with Gasteiger partial charge in [0, 0.05) is 12.6 Å². The number of amides is 2. The molecule has 6 heteroatoms. The maximum atomic E-state index is 13.8. The number of hydrogen-bond acceptors (Lipinski definition) is 2. The molecule has 0 bridgehead atoms. The van der Waals surface area contributed by atoms with Gasteiger partial charge in [0.25, 0.3) is 0 Å². The van der Waals surface area contributed by atoms with E-state index < -0.39 is 11.8 Å². The Bertz CT molecular complexity index is 548. The van der Waals surface area contributed by atoms with Crippen molar-refractivity contribution in [1.29, 1.82) is 0 Å². The van der Waals surface area contributed by atoms with Crippen molar-refractivity contribution < 1.29 is 19.1 Å². The largest absolute Gasteiger partial charge is 0.478 e. The average Bonchev–Trinajstić information content (AvgIpc) is 2.48. The number of hydrogen-bond donors (Lipinski definition) is 2. The normalized spacial score (nSPS) is 18.4. The van der Waals surface area contributed by atoms with Crippen molar-refractivity contribution in [1.82, 2.24) is 4.90 Å². The Morgan fingerprint density at radius 2 is 2.19 bits per heavy atom. The third-order valence-electron chi connectivity index (χ3n) is 3.82. The van der Waals surface area contributed by atoms with E-state index in [1.807, 2.05) is 6.92 Å². The monoisotopic (exact) mass is 294 g/mol. The van der Waals surface area contributed by atoms with Crippen LogP contribution in [0.5, 0.6) is 0 Å². The summed E-state index contributed by atoms with van der Waals surface area (Å²) in [5.74, 6) is -1.94. The van der Waals surface area contributed by atoms with Crippen LogP contribution in [0, 0.1) is 5.82 Å². The first-order valence-electron chi connectivity index (χ1n) is 7.13. The van der Waals surface area contributed by atoms with Crippen molar-refractivity contribution in [3.8, 4) is 0 Å². The van der Waals surface area contributed by atoms with Crippen molar-refractivity contribution in [2.75, 3.05) is 11.9 Å². The number of carboxylic acid groups (broad SMARTS) is 1. The zero-order valence-corrected chi connectivity index (χ0v) is 11.9. The van der Waals surface area contributed by atoms with Crippen LogP contribution in [0.15, 0.2) is 18.2 Å². The molecule has 1 aromatic rings. The van der Waals surface area contributed by atoms with E-state index in [4.69, 9.17) is 5.11 Å². The SMILES string of the molecule is CCC1CCCCN1C(=O)Nc1ccc(C(=O)O)cc1F. The summed E-state index contributed by atoms with van der Waals surface area (Å²) >= 11 is 0. The molecule has 0 spiro atoms. The lowest BCUT2D eigenvalue weighted by Gasteiger charge is -2.35. The molecule has 1 atom stereocenters. The van der Waals surface area contributed by atoms with Gasteiger partial charge in [-0.15, -0.1) is 0 Å². The molecular formula is C15H19FN2O3. The topological polar surface area (TPSA) is 69.6 Å². The van der Waals surface area contributed by atoms with E-state index in [0.29, 0.717) is 6.54 Å². The van der Waals surface area contributed by atoms with Crippen LogP contribution in [0.4, 0.5) is 14.9 Å². The highest BCUT2D eigenvalue weighted by Crippen LogP contribution is 2.22. The summed E-state index contributed by atoms with van der Waals surface area (Å²) < 4.78 is 13.8. The molecular weight excluding hydrogens is 275 g/mol. The molecule has 1 aromatic carbocycles. The van der Waals surface area contributed by atoms with Gasteiger partial charge in [-0.05, 0) is 43.9 Å². The van der Waals surface area contributed by atoms with Crippen molar-refractivity contribution in [2.24, 2.45) is 0 Å². The maximum absolute atomic E-state index is 13.8. The van der Waals surface area contributed by atoms with Gasteiger partial charge >= 0.3 is 12.0 Å². The van der Waals surface area contributed by atoms with Crippen molar-refractivity contribution in [2.45, 2.75) is 38.6 Å². The number of carboxylic acids is 1. The Balaban J connectivity index is 2.10. The fraction of sp³-hybridized carbons (Fsp3) is 0.467. The molecule has 114 valence electrons. The molecule has 0 aliphatic carbocycles. The summed E-state index contributed by atoms with van der Waals surface area (Å²) in [6.07, 6.45) is 3.88. The van der Waals surface area contributed by atoms with E-state index in [9.17, 15) is 14.0 Å². The van der Waals surface area contributed by atoms with Crippen LogP contribution in [-0.2, 0) is 0 Å². The van der Waals surface area contributed by atoms with Gasteiger partial charge in [0.2, 0.25) is 0 Å². The van der Waals surface area contributed by atoms with Crippen molar-refractivity contribution >= 4 is 17.7 Å². The molecule has 1 saturated heterocycles. The molecule has 1 aliphatic heterocycles. The summed E-state index contributed by atoms with van der Waals surface area (Å²) in [7, 11) is 0. The van der Waals surface area contributed by atoms with Crippen LogP contribution in [-0.4, -0.2) is 34.6 Å². The Labute approximate surface area is 122 Å². The first kappa shape index (κ1) is 15.3. The fourth-order valence-electron chi connectivity index (χ4n) is 2.63. The number of carbonyl (C=O) groups excluding carboxylic acids is 1. The molecule has 1 fully saturated rings. The van der Waals surface area contributed by atoms with Crippen molar-refractivity contribution in [3.63, 3.8) is 0 Å². The van der Waals surface area contributed by atoms with Gasteiger partial charge in [-0.1, -0.05) is 6.92 Å². The number of anilines is 1. The van der Waals surface area contributed by atoms with Gasteiger partial charge in [0.1, 0.15) is 5.82 Å². The number of urea groups is 1. The molecule has 2 amide bonds. The lowest BCUT2D eigenvalue weighted by atomic mass is 10.0. The van der Waals surface area contributed by atoms with E-state index in [0.717, 1.165) is 31.7 Å². The molecule has 1 unspecified atom stereocenters. The van der Waals surface area contributed by atoms with Crippen LogP contribution in [0.2, 0.25) is 0 Å². The van der Waals surface area contributed by atoms with E-state index in [1.165, 1.54) is 12.1 Å². The van der Waals surface area contributed by atoms with Crippen LogP contribution < -0.4 is 5.32 Å². The van der Waals surface area contributed by atoms with Crippen LogP contribution in [0.1, 0.15) is 43.0 Å². The Morgan fingerprint density at radius 3 is 2.81 bits per heavy atom. The Morgan fingerprint density at radius 1 is 1.43 bits per heavy atom. The van der Waals surface area contributed by atoms with Gasteiger partial charge in [0.15, 0.2) is 0 Å². The molecule has 2 rings (SSSR count). The van der Waals surface area contributed by atoms with Crippen LogP contribution >= 0.6 is 0 Å². The number of nitrogens with one attached hydrogen (secondary N) is 1. The van der Waals surface area contributed by atoms with E-state index >= 15 is 0 Å². The van der Waals surface area contributed by atoms with Gasteiger partial charge < -0.3 is 15.3 Å². The summed E-state index contributed by atoms with van der Waals surface area (Å²) in [4.78, 5) is 24.7. The van der Waals surface area contributed by atoms with Crippen LogP contribution in [0.3, 0.4) is 0 Å². The maximum Gasteiger partial charge on any atom is 0.335 e. The predicted octanol–water partition coefficient (Wildman–Crippen LogP) is 3.32. The first-order chi connectivity index (χ1) is 10.0. The number of halogens is 1. The fourth-order valence-corrected chi connectivity index (χ4v) is 2.63. The summed E-state index contributed by atoms with van der Waals surface area (Å²) in [6, 6.07) is 3.31. The van der Waals surface area contributed by atoms with Gasteiger partial charge in [-0.25, -0.2) is 14.0 Å². The van der Waals surface area contributed by atoms with Crippen LogP contribution in [0.25, 0.3) is 0 Å². The summed E-state index contributed by atoms with van der Waals surface area (Å²) in [5, 5.41) is 11.3. The van der Waals surface area contributed by atoms with E-state index in [-0.39, 0.29) is 23.3 Å². The highest BCUT2D eigenvalue weighted by atomic mass is 19.1. The number of carbonyl (C=O) groups is 2. The molecule has 5 nitrogen and oxygen atoms in total. The second-order valence-corrected chi connectivity index (χ2v) is 5.18. The number of aromatic carboxylic acids is 1. The molecule has 0 aromatic heterocycles. The van der Waals surface area contributed by atoms with E-state index in [1.54, 1.807) is 4.90 Å². The van der Waals surface area contributed by atoms with E-state index in [2.05, 4.69) is 5.32 Å². The zero-order valence-electron chi connectivity index (χ0n) is 11.9. The minimum absolute atomic E-state index is 0.00502. The number of piperidine rings is 1. The quantitative estimate of drug-likeness (QED) is 0.898. The lowest BCUT2D eigenvalue weighted by Crippen LogP contribution is -2.45. The molecule has 2 N–H and O–H groups in total. The third-order valence-corrected chi connectivity index (χ3v) is 3.82. The Kier molecular flexibility index (Phi) is 4.77. The second-order valence-electron chi connectivity index (χ2n) is 5.18. The standard InChI is InChI=1S/C15H19FN2O3/c1-2-11-5-3-4-8-18(11)15(21)17-13-7-6-10(14(19)20)9-12(13)16/h6-7,9,11H,2-5,8H2,1H3,(H,17,21)(H,19,20). The number of nitrogens with zero attached hydrogens (tertiary/aromatic N) is 1. The second kappa shape index (κ2) is 6.56. The third kappa shape index (κ3) is 3.51. The molecule has 0 radical (unpaired) electrons.